The van der Waals surface area contributed by atoms with Crippen molar-refractivity contribution in [1.82, 2.24) is 0 Å². The third-order valence-electron chi connectivity index (χ3n) is 4.23. The lowest BCUT2D eigenvalue weighted by Crippen LogP contribution is -2.21. The summed E-state index contributed by atoms with van der Waals surface area (Å²) in [5, 5.41) is 7.24. The molecule has 0 N–H and O–H groups in total. The van der Waals surface area contributed by atoms with Crippen molar-refractivity contribution in [2.24, 2.45) is 5.10 Å². The predicted octanol–water partition coefficient (Wildman–Crippen LogP) is 6.71. The maximum atomic E-state index is 12.8. The van der Waals surface area contributed by atoms with Gasteiger partial charge in [0.25, 0.3) is 5.91 Å². The van der Waals surface area contributed by atoms with Gasteiger partial charge in [-0.25, -0.2) is 0 Å². The predicted molar refractivity (Wildman–Crippen MR) is 114 cm³/mol. The van der Waals surface area contributed by atoms with Crippen molar-refractivity contribution in [3.63, 3.8) is 0 Å². The first kappa shape index (κ1) is 18.8. The number of benzene rings is 2. The molecule has 0 radical (unpaired) electrons. The molecular formula is C21H13Cl3N2O2. The third-order valence-corrected chi connectivity index (χ3v) is 5.01. The van der Waals surface area contributed by atoms with Gasteiger partial charge in [0.05, 0.1) is 22.0 Å². The van der Waals surface area contributed by atoms with Gasteiger partial charge in [0.1, 0.15) is 11.5 Å². The molecule has 1 amide bonds. The molecule has 2 heterocycles. The molecule has 140 valence electrons. The molecule has 4 nitrogen and oxygen atoms in total. The highest BCUT2D eigenvalue weighted by molar-refractivity contribution is 6.36. The van der Waals surface area contributed by atoms with Crippen LogP contribution in [0.15, 0.2) is 69.7 Å². The van der Waals surface area contributed by atoms with E-state index in [4.69, 9.17) is 39.2 Å². The van der Waals surface area contributed by atoms with Gasteiger partial charge in [-0.1, -0.05) is 40.9 Å². The Morgan fingerprint density at radius 2 is 1.79 bits per heavy atom. The smallest absolute Gasteiger partial charge is 0.280 e. The molecule has 0 unspecified atom stereocenters. The molecule has 7 heteroatoms. The second-order valence-corrected chi connectivity index (χ2v) is 7.45. The average Bonchev–Trinajstić information content (AvgIpc) is 3.22. The van der Waals surface area contributed by atoms with Crippen LogP contribution in [0.5, 0.6) is 0 Å². The van der Waals surface area contributed by atoms with Crippen molar-refractivity contribution in [3.05, 3.63) is 81.0 Å². The van der Waals surface area contributed by atoms with Crippen molar-refractivity contribution in [2.75, 3.05) is 5.01 Å². The molecule has 0 aliphatic carbocycles. The third kappa shape index (κ3) is 3.59. The van der Waals surface area contributed by atoms with E-state index in [-0.39, 0.29) is 5.91 Å². The highest BCUT2D eigenvalue weighted by atomic mass is 35.5. The fourth-order valence-corrected chi connectivity index (χ4v) is 3.56. The summed E-state index contributed by atoms with van der Waals surface area (Å²) < 4.78 is 5.86. The van der Waals surface area contributed by atoms with Gasteiger partial charge in [-0.05, 0) is 61.5 Å². The molecule has 0 bridgehead atoms. The number of hydrazone groups is 1. The van der Waals surface area contributed by atoms with E-state index in [2.05, 4.69) is 5.10 Å². The Hall–Kier alpha value is -2.53. The minimum Gasteiger partial charge on any atom is -0.457 e. The standard InChI is InChI=1S/C21H13Cl3N2O2/c1-12-18(21(27)26(25-12)15-4-2-3-13(22)9-15)11-16-6-8-20(28-16)17-7-5-14(23)10-19(17)24/h2-11H,1H3/b18-11-. The van der Waals surface area contributed by atoms with Gasteiger partial charge in [-0.15, -0.1) is 0 Å². The van der Waals surface area contributed by atoms with Crippen LogP contribution < -0.4 is 5.01 Å². The first-order chi connectivity index (χ1) is 13.4. The number of rotatable bonds is 3. The number of carbonyl (C=O) groups is 1. The molecule has 0 atom stereocenters. The minimum absolute atomic E-state index is 0.248. The molecule has 3 aromatic rings. The van der Waals surface area contributed by atoms with Crippen LogP contribution in [0.1, 0.15) is 12.7 Å². The Morgan fingerprint density at radius 3 is 2.54 bits per heavy atom. The Bertz CT molecular complexity index is 1150. The quantitative estimate of drug-likeness (QED) is 0.432. The van der Waals surface area contributed by atoms with Crippen LogP contribution in [0.4, 0.5) is 5.69 Å². The summed E-state index contributed by atoms with van der Waals surface area (Å²) in [4.78, 5) is 12.8. The summed E-state index contributed by atoms with van der Waals surface area (Å²) in [5.41, 5.74) is 2.36. The van der Waals surface area contributed by atoms with E-state index in [1.807, 2.05) is 0 Å². The van der Waals surface area contributed by atoms with E-state index in [0.29, 0.717) is 43.6 Å². The van der Waals surface area contributed by atoms with Crippen LogP contribution in [-0.2, 0) is 4.79 Å². The Morgan fingerprint density at radius 1 is 1.00 bits per heavy atom. The van der Waals surface area contributed by atoms with E-state index in [1.54, 1.807) is 67.6 Å². The maximum absolute atomic E-state index is 12.8. The highest BCUT2D eigenvalue weighted by Crippen LogP contribution is 2.33. The van der Waals surface area contributed by atoms with Gasteiger partial charge < -0.3 is 4.42 Å². The molecule has 4 rings (SSSR count). The van der Waals surface area contributed by atoms with Crippen molar-refractivity contribution >= 4 is 58.2 Å². The van der Waals surface area contributed by atoms with Gasteiger partial charge in [0.2, 0.25) is 0 Å². The lowest BCUT2D eigenvalue weighted by molar-refractivity contribution is -0.114. The number of hydrogen-bond acceptors (Lipinski definition) is 3. The zero-order valence-electron chi connectivity index (χ0n) is 14.6. The Labute approximate surface area is 176 Å². The van der Waals surface area contributed by atoms with Crippen LogP contribution in [0, 0.1) is 0 Å². The molecule has 0 saturated carbocycles. The lowest BCUT2D eigenvalue weighted by Gasteiger charge is -2.11. The van der Waals surface area contributed by atoms with E-state index < -0.39 is 0 Å². The summed E-state index contributed by atoms with van der Waals surface area (Å²) >= 11 is 18.2. The Balaban J connectivity index is 1.64. The summed E-state index contributed by atoms with van der Waals surface area (Å²) in [5.74, 6) is 0.856. The molecule has 0 saturated heterocycles. The number of halogens is 3. The summed E-state index contributed by atoms with van der Waals surface area (Å²) in [6.07, 6.45) is 1.67. The topological polar surface area (TPSA) is 45.8 Å². The van der Waals surface area contributed by atoms with Crippen LogP contribution in [0.2, 0.25) is 15.1 Å². The molecule has 1 aliphatic heterocycles. The van der Waals surface area contributed by atoms with Crippen molar-refractivity contribution < 1.29 is 9.21 Å². The van der Waals surface area contributed by atoms with Gasteiger partial charge in [0.15, 0.2) is 0 Å². The fourth-order valence-electron chi connectivity index (χ4n) is 2.87. The number of carbonyl (C=O) groups excluding carboxylic acids is 1. The lowest BCUT2D eigenvalue weighted by atomic mass is 10.1. The van der Waals surface area contributed by atoms with E-state index in [1.165, 1.54) is 5.01 Å². The van der Waals surface area contributed by atoms with Crippen molar-refractivity contribution in [2.45, 2.75) is 6.92 Å². The molecule has 1 aromatic heterocycles. The van der Waals surface area contributed by atoms with Crippen LogP contribution >= 0.6 is 34.8 Å². The monoisotopic (exact) mass is 430 g/mol. The second kappa shape index (κ2) is 7.47. The minimum atomic E-state index is -0.248. The number of furan rings is 1. The summed E-state index contributed by atoms with van der Waals surface area (Å²) in [6.45, 7) is 1.77. The second-order valence-electron chi connectivity index (χ2n) is 6.17. The van der Waals surface area contributed by atoms with Gasteiger partial charge in [-0.3, -0.25) is 4.79 Å². The number of amides is 1. The number of hydrogen-bond donors (Lipinski definition) is 0. The zero-order chi connectivity index (χ0) is 19.8. The van der Waals surface area contributed by atoms with Gasteiger partial charge in [-0.2, -0.15) is 10.1 Å². The maximum Gasteiger partial charge on any atom is 0.280 e. The van der Waals surface area contributed by atoms with Crippen LogP contribution in [0.25, 0.3) is 17.4 Å². The van der Waals surface area contributed by atoms with E-state index in [9.17, 15) is 4.79 Å². The molecule has 2 aromatic carbocycles. The van der Waals surface area contributed by atoms with Gasteiger partial charge in [0, 0.05) is 15.6 Å². The van der Waals surface area contributed by atoms with Crippen molar-refractivity contribution in [1.29, 1.82) is 0 Å². The largest absolute Gasteiger partial charge is 0.457 e. The Kier molecular flexibility index (Phi) is 5.02. The fraction of sp³-hybridized carbons (Fsp3) is 0.0476. The first-order valence-corrected chi connectivity index (χ1v) is 9.48. The van der Waals surface area contributed by atoms with Gasteiger partial charge >= 0.3 is 0 Å². The van der Waals surface area contributed by atoms with E-state index >= 15 is 0 Å². The number of anilines is 1. The van der Waals surface area contributed by atoms with Crippen LogP contribution in [0.3, 0.4) is 0 Å². The molecule has 0 fully saturated rings. The summed E-state index contributed by atoms with van der Waals surface area (Å²) in [6, 6.07) is 15.7. The summed E-state index contributed by atoms with van der Waals surface area (Å²) in [7, 11) is 0. The molecular weight excluding hydrogens is 419 g/mol. The molecule has 28 heavy (non-hydrogen) atoms. The molecule has 0 spiro atoms. The zero-order valence-corrected chi connectivity index (χ0v) is 16.9. The average molecular weight is 432 g/mol. The van der Waals surface area contributed by atoms with Crippen molar-refractivity contribution in [3.8, 4) is 11.3 Å². The van der Waals surface area contributed by atoms with E-state index in [0.717, 1.165) is 5.56 Å². The number of nitrogens with zero attached hydrogens (tertiary/aromatic N) is 2. The first-order valence-electron chi connectivity index (χ1n) is 8.35. The normalized spacial score (nSPS) is 15.4. The van der Waals surface area contributed by atoms with Crippen LogP contribution in [-0.4, -0.2) is 11.6 Å². The highest BCUT2D eigenvalue weighted by Gasteiger charge is 2.29. The molecule has 1 aliphatic rings. The SMILES string of the molecule is CC1=NN(c2cccc(Cl)c2)C(=O)/C1=C\c1ccc(-c2ccc(Cl)cc2Cl)o1.